The number of amides is 1. The van der Waals surface area contributed by atoms with Crippen LogP contribution in [-0.2, 0) is 14.8 Å². The van der Waals surface area contributed by atoms with Crippen LogP contribution in [0.5, 0.6) is 0 Å². The molecule has 3 aromatic rings. The van der Waals surface area contributed by atoms with E-state index in [1.807, 2.05) is 24.3 Å². The first kappa shape index (κ1) is 23.4. The first-order chi connectivity index (χ1) is 14.9. The third kappa shape index (κ3) is 5.15. The number of hydrogen-bond acceptors (Lipinski definition) is 5. The minimum Gasteiger partial charge on any atom is -0.465 e. The third-order valence-electron chi connectivity index (χ3n) is 4.74. The Kier molecular flexibility index (Phi) is 6.39. The topological polar surface area (TPSA) is 102 Å². The molecule has 0 aliphatic heterocycles. The molecule has 3 rings (SSSR count). The van der Waals surface area contributed by atoms with Crippen molar-refractivity contribution in [3.63, 3.8) is 0 Å². The minimum atomic E-state index is -3.82. The summed E-state index contributed by atoms with van der Waals surface area (Å²) in [6.07, 6.45) is 0. The molecule has 0 atom stereocenters. The number of carbonyl (C=O) groups excluding carboxylic acids is 2. The number of sulfonamides is 1. The van der Waals surface area contributed by atoms with Gasteiger partial charge in [0, 0.05) is 11.1 Å². The number of esters is 1. The van der Waals surface area contributed by atoms with Crippen molar-refractivity contribution in [1.29, 1.82) is 0 Å². The van der Waals surface area contributed by atoms with Gasteiger partial charge < -0.3 is 10.1 Å². The highest BCUT2D eigenvalue weighted by Gasteiger charge is 2.24. The van der Waals surface area contributed by atoms with Gasteiger partial charge in [-0.25, -0.2) is 17.9 Å². The fourth-order valence-electron chi connectivity index (χ4n) is 3.29. The van der Waals surface area contributed by atoms with Crippen LogP contribution in [-0.4, -0.2) is 32.9 Å². The summed E-state index contributed by atoms with van der Waals surface area (Å²) < 4.78 is 32.9. The van der Waals surface area contributed by atoms with Gasteiger partial charge in [0.25, 0.3) is 5.91 Å². The third-order valence-corrected chi connectivity index (χ3v) is 6.50. The second-order valence-corrected chi connectivity index (χ2v) is 10.2. The van der Waals surface area contributed by atoms with Gasteiger partial charge in [0.15, 0.2) is 0 Å². The highest BCUT2D eigenvalue weighted by Crippen LogP contribution is 2.26. The van der Waals surface area contributed by atoms with Crippen LogP contribution in [0.1, 0.15) is 47.1 Å². The van der Waals surface area contributed by atoms with Gasteiger partial charge in [0.1, 0.15) is 0 Å². The second-order valence-electron chi connectivity index (χ2n) is 8.52. The predicted molar refractivity (Wildman–Crippen MR) is 124 cm³/mol. The Labute approximate surface area is 187 Å². The molecule has 0 fully saturated rings. The van der Waals surface area contributed by atoms with Crippen molar-refractivity contribution in [3.05, 3.63) is 71.3 Å². The van der Waals surface area contributed by atoms with Crippen molar-refractivity contribution >= 4 is 38.4 Å². The molecule has 0 spiro atoms. The standard InChI is InChI=1S/C24H26N2O5S/c1-15-10-11-18(32(29,30)26-24(2,3)4)14-19(15)22(27)25-21-13-17-9-7-6-8-16(17)12-20(21)23(28)31-5/h6-14,26H,1-5H3,(H,25,27). The molecule has 0 aromatic heterocycles. The molecule has 7 nitrogen and oxygen atoms in total. The van der Waals surface area contributed by atoms with Crippen molar-refractivity contribution in [2.45, 2.75) is 38.1 Å². The van der Waals surface area contributed by atoms with Crippen LogP contribution >= 0.6 is 0 Å². The number of methoxy groups -OCH3 is 1. The highest BCUT2D eigenvalue weighted by molar-refractivity contribution is 7.89. The number of fused-ring (bicyclic) bond motifs is 1. The molecule has 3 aromatic carbocycles. The molecule has 0 bridgehead atoms. The molecule has 0 radical (unpaired) electrons. The van der Waals surface area contributed by atoms with Gasteiger partial charge in [-0.15, -0.1) is 0 Å². The molecule has 168 valence electrons. The number of anilines is 1. The van der Waals surface area contributed by atoms with Gasteiger partial charge >= 0.3 is 5.97 Å². The van der Waals surface area contributed by atoms with E-state index in [0.29, 0.717) is 5.56 Å². The Hall–Kier alpha value is -3.23. The van der Waals surface area contributed by atoms with Gasteiger partial charge in [-0.2, -0.15) is 0 Å². The average molecular weight is 455 g/mol. The fraction of sp³-hybridized carbons (Fsp3) is 0.250. The summed E-state index contributed by atoms with van der Waals surface area (Å²) in [5.41, 5.74) is 0.590. The largest absolute Gasteiger partial charge is 0.465 e. The maximum atomic E-state index is 13.1. The maximum absolute atomic E-state index is 13.1. The van der Waals surface area contributed by atoms with E-state index in [0.717, 1.165) is 10.8 Å². The molecule has 0 saturated carbocycles. The number of benzene rings is 3. The highest BCUT2D eigenvalue weighted by atomic mass is 32.2. The summed E-state index contributed by atoms with van der Waals surface area (Å²) in [6.45, 7) is 6.92. The summed E-state index contributed by atoms with van der Waals surface area (Å²) in [6, 6.07) is 15.1. The minimum absolute atomic E-state index is 0.0186. The van der Waals surface area contributed by atoms with E-state index in [1.165, 1.54) is 19.2 Å². The van der Waals surface area contributed by atoms with Crippen LogP contribution in [0.25, 0.3) is 10.8 Å². The Morgan fingerprint density at radius 3 is 2.12 bits per heavy atom. The zero-order valence-corrected chi connectivity index (χ0v) is 19.5. The molecular weight excluding hydrogens is 428 g/mol. The van der Waals surface area contributed by atoms with Gasteiger partial charge in [-0.3, -0.25) is 4.79 Å². The zero-order valence-electron chi connectivity index (χ0n) is 18.6. The molecule has 0 aliphatic carbocycles. The average Bonchev–Trinajstić information content (AvgIpc) is 2.71. The number of aryl methyl sites for hydroxylation is 1. The maximum Gasteiger partial charge on any atom is 0.339 e. The summed E-state index contributed by atoms with van der Waals surface area (Å²) in [5.74, 6) is -1.12. The molecule has 2 N–H and O–H groups in total. The van der Waals surface area contributed by atoms with Gasteiger partial charge in [-0.05, 0) is 68.3 Å². The molecule has 32 heavy (non-hydrogen) atoms. The van der Waals surface area contributed by atoms with Crippen molar-refractivity contribution in [2.75, 3.05) is 12.4 Å². The van der Waals surface area contributed by atoms with Crippen molar-refractivity contribution < 1.29 is 22.7 Å². The quantitative estimate of drug-likeness (QED) is 0.561. The normalized spacial score (nSPS) is 11.9. The SMILES string of the molecule is COC(=O)c1cc2ccccc2cc1NC(=O)c1cc(S(=O)(=O)NC(C)(C)C)ccc1C. The number of rotatable bonds is 5. The van der Waals surface area contributed by atoms with E-state index in [1.54, 1.807) is 45.9 Å². The van der Waals surface area contributed by atoms with Gasteiger partial charge in [-0.1, -0.05) is 30.3 Å². The monoisotopic (exact) mass is 454 g/mol. The number of ether oxygens (including phenoxy) is 1. The lowest BCUT2D eigenvalue weighted by Crippen LogP contribution is -2.40. The van der Waals surface area contributed by atoms with E-state index >= 15 is 0 Å². The Morgan fingerprint density at radius 2 is 1.53 bits per heavy atom. The lowest BCUT2D eigenvalue weighted by molar-refractivity contribution is 0.0602. The fourth-order valence-corrected chi connectivity index (χ4v) is 4.73. The van der Waals surface area contributed by atoms with Crippen LogP contribution in [0.2, 0.25) is 0 Å². The lowest BCUT2D eigenvalue weighted by Gasteiger charge is -2.21. The second kappa shape index (κ2) is 8.72. The van der Waals surface area contributed by atoms with E-state index in [9.17, 15) is 18.0 Å². The van der Waals surface area contributed by atoms with Crippen molar-refractivity contribution in [3.8, 4) is 0 Å². The Morgan fingerprint density at radius 1 is 0.906 bits per heavy atom. The number of hydrogen-bond donors (Lipinski definition) is 2. The molecule has 0 heterocycles. The van der Waals surface area contributed by atoms with Crippen LogP contribution in [0, 0.1) is 6.92 Å². The summed E-state index contributed by atoms with van der Waals surface area (Å²) in [5, 5.41) is 4.40. The molecule has 0 saturated heterocycles. The predicted octanol–water partition coefficient (Wildman–Crippen LogP) is 4.26. The molecule has 8 heteroatoms. The Balaban J connectivity index is 2.02. The van der Waals surface area contributed by atoms with E-state index < -0.39 is 27.4 Å². The van der Waals surface area contributed by atoms with Crippen LogP contribution in [0.3, 0.4) is 0 Å². The van der Waals surface area contributed by atoms with E-state index in [2.05, 4.69) is 10.0 Å². The van der Waals surface area contributed by atoms with Gasteiger partial charge in [0.2, 0.25) is 10.0 Å². The smallest absolute Gasteiger partial charge is 0.339 e. The summed E-state index contributed by atoms with van der Waals surface area (Å²) in [4.78, 5) is 25.4. The van der Waals surface area contributed by atoms with Crippen molar-refractivity contribution in [1.82, 2.24) is 4.72 Å². The number of carbonyl (C=O) groups is 2. The molecular formula is C24H26N2O5S. The molecule has 0 aliphatic rings. The van der Waals surface area contributed by atoms with E-state index in [-0.39, 0.29) is 21.7 Å². The van der Waals surface area contributed by atoms with Crippen molar-refractivity contribution in [2.24, 2.45) is 0 Å². The first-order valence-electron chi connectivity index (χ1n) is 9.98. The van der Waals surface area contributed by atoms with Crippen LogP contribution in [0.4, 0.5) is 5.69 Å². The molecule has 1 amide bonds. The molecule has 0 unspecified atom stereocenters. The van der Waals surface area contributed by atoms with Crippen LogP contribution in [0.15, 0.2) is 59.5 Å². The zero-order chi connectivity index (χ0) is 23.7. The summed E-state index contributed by atoms with van der Waals surface area (Å²) in [7, 11) is -2.55. The lowest BCUT2D eigenvalue weighted by atomic mass is 10.0. The first-order valence-corrected chi connectivity index (χ1v) is 11.5. The summed E-state index contributed by atoms with van der Waals surface area (Å²) >= 11 is 0. The Bertz CT molecular complexity index is 1310. The number of nitrogens with one attached hydrogen (secondary N) is 2. The van der Waals surface area contributed by atoms with Crippen LogP contribution < -0.4 is 10.0 Å². The van der Waals surface area contributed by atoms with E-state index in [4.69, 9.17) is 4.74 Å². The van der Waals surface area contributed by atoms with Gasteiger partial charge in [0.05, 0.1) is 23.3 Å².